The van der Waals surface area contributed by atoms with Crippen LogP contribution in [0.25, 0.3) is 0 Å². The van der Waals surface area contributed by atoms with Crippen molar-refractivity contribution in [3.05, 3.63) is 35.4 Å². The molecule has 3 nitrogen and oxygen atoms in total. The number of aryl methyl sites for hydroxylation is 1. The Morgan fingerprint density at radius 2 is 1.80 bits per heavy atom. The maximum Gasteiger partial charge on any atom is 0.317 e. The normalized spacial score (nSPS) is 20.1. The van der Waals surface area contributed by atoms with Gasteiger partial charge < -0.3 is 10.2 Å². The number of rotatable bonds is 1. The maximum absolute atomic E-state index is 12.4. The number of benzene rings is 1. The Morgan fingerprint density at radius 1 is 1.05 bits per heavy atom. The first-order chi connectivity index (χ1) is 9.83. The molecule has 1 N–H and O–H groups in total. The molecule has 3 rings (SSSR count). The van der Waals surface area contributed by atoms with Crippen LogP contribution in [0.1, 0.15) is 49.7 Å². The summed E-state index contributed by atoms with van der Waals surface area (Å²) in [5.74, 6) is 0. The van der Waals surface area contributed by atoms with Crippen LogP contribution in [0.4, 0.5) is 4.79 Å². The number of carbonyl (C=O) groups is 1. The number of carbonyl (C=O) groups excluding carboxylic acids is 1. The fourth-order valence-corrected chi connectivity index (χ4v) is 3.39. The van der Waals surface area contributed by atoms with Crippen LogP contribution < -0.4 is 5.32 Å². The molecule has 2 aliphatic rings. The van der Waals surface area contributed by atoms with E-state index in [-0.39, 0.29) is 6.03 Å². The molecule has 0 unspecified atom stereocenters. The van der Waals surface area contributed by atoms with Gasteiger partial charge in [0.05, 0.1) is 0 Å². The van der Waals surface area contributed by atoms with Crippen LogP contribution in [0, 0.1) is 0 Å². The number of nitrogens with zero attached hydrogens (tertiary/aromatic N) is 1. The van der Waals surface area contributed by atoms with Crippen molar-refractivity contribution in [3.8, 4) is 0 Å². The minimum Gasteiger partial charge on any atom is -0.335 e. The molecule has 2 amide bonds. The summed E-state index contributed by atoms with van der Waals surface area (Å²) in [6.45, 7) is 1.63. The standard InChI is InChI=1S/C17H24N2O/c20-17(18-16-10-2-1-3-11-16)19-12-6-9-14-7-4-5-8-15(14)13-19/h4-5,7-8,16H,1-3,6,9-13H2,(H,18,20). The minimum absolute atomic E-state index is 0.133. The molecule has 20 heavy (non-hydrogen) atoms. The van der Waals surface area contributed by atoms with Gasteiger partial charge >= 0.3 is 6.03 Å². The molecule has 1 aromatic rings. The first kappa shape index (κ1) is 13.5. The highest BCUT2D eigenvalue weighted by atomic mass is 16.2. The van der Waals surface area contributed by atoms with Crippen molar-refractivity contribution >= 4 is 6.03 Å². The second-order valence-corrected chi connectivity index (χ2v) is 6.08. The van der Waals surface area contributed by atoms with E-state index in [0.717, 1.165) is 38.8 Å². The Morgan fingerprint density at radius 3 is 2.60 bits per heavy atom. The van der Waals surface area contributed by atoms with Crippen LogP contribution >= 0.6 is 0 Å². The number of amides is 2. The molecule has 0 atom stereocenters. The summed E-state index contributed by atoms with van der Waals surface area (Å²) in [5, 5.41) is 3.23. The summed E-state index contributed by atoms with van der Waals surface area (Å²) in [5.41, 5.74) is 2.71. The summed E-state index contributed by atoms with van der Waals surface area (Å²) in [6, 6.07) is 9.04. The molecular weight excluding hydrogens is 248 g/mol. The van der Waals surface area contributed by atoms with Crippen molar-refractivity contribution in [3.63, 3.8) is 0 Å². The predicted octanol–water partition coefficient (Wildman–Crippen LogP) is 3.48. The molecule has 1 aromatic carbocycles. The third-order valence-corrected chi connectivity index (χ3v) is 4.57. The summed E-state index contributed by atoms with van der Waals surface area (Å²) in [6.07, 6.45) is 8.29. The van der Waals surface area contributed by atoms with Crippen molar-refractivity contribution in [2.45, 2.75) is 57.5 Å². The van der Waals surface area contributed by atoms with Gasteiger partial charge in [-0.2, -0.15) is 0 Å². The second-order valence-electron chi connectivity index (χ2n) is 6.08. The van der Waals surface area contributed by atoms with Gasteiger partial charge in [-0.1, -0.05) is 43.5 Å². The second kappa shape index (κ2) is 6.29. The van der Waals surface area contributed by atoms with Gasteiger partial charge in [-0.05, 0) is 36.8 Å². The zero-order chi connectivity index (χ0) is 13.8. The van der Waals surface area contributed by atoms with E-state index in [1.54, 1.807) is 0 Å². The topological polar surface area (TPSA) is 32.3 Å². The minimum atomic E-state index is 0.133. The Balaban J connectivity index is 1.63. The average Bonchev–Trinajstić information content (AvgIpc) is 2.70. The van der Waals surface area contributed by atoms with E-state index >= 15 is 0 Å². The van der Waals surface area contributed by atoms with E-state index in [4.69, 9.17) is 0 Å². The third kappa shape index (κ3) is 3.14. The van der Waals surface area contributed by atoms with Gasteiger partial charge in [0.25, 0.3) is 0 Å². The molecule has 0 saturated heterocycles. The summed E-state index contributed by atoms with van der Waals surface area (Å²) in [7, 11) is 0. The van der Waals surface area contributed by atoms with Crippen LogP contribution in [0.15, 0.2) is 24.3 Å². The van der Waals surface area contributed by atoms with Crippen LogP contribution in [0.2, 0.25) is 0 Å². The quantitative estimate of drug-likeness (QED) is 0.834. The molecule has 0 radical (unpaired) electrons. The summed E-state index contributed by atoms with van der Waals surface area (Å²) >= 11 is 0. The van der Waals surface area contributed by atoms with Gasteiger partial charge in [-0.3, -0.25) is 0 Å². The fourth-order valence-electron chi connectivity index (χ4n) is 3.39. The molecule has 108 valence electrons. The van der Waals surface area contributed by atoms with E-state index in [9.17, 15) is 4.79 Å². The summed E-state index contributed by atoms with van der Waals surface area (Å²) < 4.78 is 0. The lowest BCUT2D eigenvalue weighted by atomic mass is 9.96. The van der Waals surface area contributed by atoms with Gasteiger partial charge in [-0.15, -0.1) is 0 Å². The maximum atomic E-state index is 12.4. The van der Waals surface area contributed by atoms with E-state index < -0.39 is 0 Å². The van der Waals surface area contributed by atoms with E-state index in [2.05, 4.69) is 29.6 Å². The Hall–Kier alpha value is -1.51. The highest BCUT2D eigenvalue weighted by molar-refractivity contribution is 5.74. The van der Waals surface area contributed by atoms with Crippen molar-refractivity contribution in [2.75, 3.05) is 6.54 Å². The molecule has 0 aromatic heterocycles. The predicted molar refractivity (Wildman–Crippen MR) is 80.6 cm³/mol. The van der Waals surface area contributed by atoms with Gasteiger partial charge in [-0.25, -0.2) is 4.79 Å². The average molecular weight is 272 g/mol. The fraction of sp³-hybridized carbons (Fsp3) is 0.588. The van der Waals surface area contributed by atoms with Gasteiger partial charge in [0.2, 0.25) is 0 Å². The van der Waals surface area contributed by atoms with E-state index in [1.165, 1.54) is 30.4 Å². The smallest absolute Gasteiger partial charge is 0.317 e. The Bertz CT molecular complexity index is 466. The molecule has 1 heterocycles. The first-order valence-electron chi connectivity index (χ1n) is 7.95. The molecule has 0 spiro atoms. The van der Waals surface area contributed by atoms with Crippen molar-refractivity contribution in [1.82, 2.24) is 10.2 Å². The van der Waals surface area contributed by atoms with E-state index in [1.807, 2.05) is 4.90 Å². The third-order valence-electron chi connectivity index (χ3n) is 4.57. The molecule has 1 aliphatic heterocycles. The Kier molecular flexibility index (Phi) is 4.24. The van der Waals surface area contributed by atoms with E-state index in [0.29, 0.717) is 6.04 Å². The number of nitrogens with one attached hydrogen (secondary N) is 1. The zero-order valence-electron chi connectivity index (χ0n) is 12.1. The molecule has 1 aliphatic carbocycles. The lowest BCUT2D eigenvalue weighted by Crippen LogP contribution is -2.45. The van der Waals surface area contributed by atoms with Crippen molar-refractivity contribution in [1.29, 1.82) is 0 Å². The van der Waals surface area contributed by atoms with Crippen LogP contribution in [0.5, 0.6) is 0 Å². The monoisotopic (exact) mass is 272 g/mol. The highest BCUT2D eigenvalue weighted by Crippen LogP contribution is 2.20. The molecular formula is C17H24N2O. The molecule has 1 fully saturated rings. The van der Waals surface area contributed by atoms with Crippen LogP contribution in [-0.4, -0.2) is 23.5 Å². The number of hydrogen-bond donors (Lipinski definition) is 1. The van der Waals surface area contributed by atoms with Crippen LogP contribution in [0.3, 0.4) is 0 Å². The molecule has 0 bridgehead atoms. The summed E-state index contributed by atoms with van der Waals surface area (Å²) in [4.78, 5) is 14.4. The lowest BCUT2D eigenvalue weighted by Gasteiger charge is -2.27. The molecule has 1 saturated carbocycles. The number of urea groups is 1. The number of hydrogen-bond acceptors (Lipinski definition) is 1. The number of fused-ring (bicyclic) bond motifs is 1. The Labute approximate surface area is 121 Å². The van der Waals surface area contributed by atoms with Gasteiger partial charge in [0.1, 0.15) is 0 Å². The molecule has 3 heteroatoms. The van der Waals surface area contributed by atoms with Gasteiger partial charge in [0.15, 0.2) is 0 Å². The largest absolute Gasteiger partial charge is 0.335 e. The van der Waals surface area contributed by atoms with Crippen molar-refractivity contribution in [2.24, 2.45) is 0 Å². The lowest BCUT2D eigenvalue weighted by molar-refractivity contribution is 0.188. The zero-order valence-corrected chi connectivity index (χ0v) is 12.1. The van der Waals surface area contributed by atoms with Crippen LogP contribution in [-0.2, 0) is 13.0 Å². The first-order valence-corrected chi connectivity index (χ1v) is 7.95. The highest BCUT2D eigenvalue weighted by Gasteiger charge is 2.22. The van der Waals surface area contributed by atoms with Gasteiger partial charge in [0, 0.05) is 19.1 Å². The SMILES string of the molecule is O=C(NC1CCCCC1)N1CCCc2ccccc2C1. The van der Waals surface area contributed by atoms with Crippen molar-refractivity contribution < 1.29 is 4.79 Å².